The number of fused-ring (bicyclic) bond motifs is 2. The van der Waals surface area contributed by atoms with Crippen LogP contribution in [0.1, 0.15) is 5.56 Å². The average molecular weight is 363 g/mol. The SMILES string of the molecule is Cc1cccc(-c2ccc3c(c2)Oc2cc(-c4ccccc4)ccc2N3C)c1. The number of benzene rings is 4. The van der Waals surface area contributed by atoms with Crippen molar-refractivity contribution >= 4 is 11.4 Å². The van der Waals surface area contributed by atoms with Gasteiger partial charge in [-0.1, -0.05) is 72.3 Å². The van der Waals surface area contributed by atoms with E-state index in [1.54, 1.807) is 0 Å². The van der Waals surface area contributed by atoms with Crippen molar-refractivity contribution in [1.29, 1.82) is 0 Å². The molecule has 0 radical (unpaired) electrons. The number of anilines is 2. The maximum atomic E-state index is 6.36. The maximum Gasteiger partial charge on any atom is 0.151 e. The smallest absolute Gasteiger partial charge is 0.151 e. The lowest BCUT2D eigenvalue weighted by Crippen LogP contribution is -2.15. The van der Waals surface area contributed by atoms with Crippen LogP contribution in [0, 0.1) is 6.92 Å². The molecular weight excluding hydrogens is 342 g/mol. The van der Waals surface area contributed by atoms with E-state index in [0.717, 1.165) is 28.4 Å². The Hall–Kier alpha value is -3.52. The first-order valence-electron chi connectivity index (χ1n) is 9.51. The van der Waals surface area contributed by atoms with Crippen molar-refractivity contribution in [3.05, 3.63) is 96.6 Å². The molecule has 0 N–H and O–H groups in total. The van der Waals surface area contributed by atoms with Gasteiger partial charge in [0.25, 0.3) is 0 Å². The van der Waals surface area contributed by atoms with Crippen LogP contribution in [0.25, 0.3) is 22.3 Å². The molecule has 0 atom stereocenters. The molecule has 1 aliphatic heterocycles. The highest BCUT2D eigenvalue weighted by Crippen LogP contribution is 2.48. The lowest BCUT2D eigenvalue weighted by Gasteiger charge is -2.30. The highest BCUT2D eigenvalue weighted by molar-refractivity contribution is 5.83. The minimum absolute atomic E-state index is 0.887. The van der Waals surface area contributed by atoms with Gasteiger partial charge in [-0.25, -0.2) is 0 Å². The van der Waals surface area contributed by atoms with Gasteiger partial charge in [0.1, 0.15) is 0 Å². The normalized spacial score (nSPS) is 12.1. The van der Waals surface area contributed by atoms with E-state index < -0.39 is 0 Å². The Bertz CT molecular complexity index is 1160. The molecule has 0 saturated heterocycles. The van der Waals surface area contributed by atoms with Crippen LogP contribution in [-0.4, -0.2) is 7.05 Å². The van der Waals surface area contributed by atoms with Gasteiger partial charge in [0, 0.05) is 7.05 Å². The Morgan fingerprint density at radius 2 is 1.14 bits per heavy atom. The minimum Gasteiger partial charge on any atom is -0.453 e. The highest BCUT2D eigenvalue weighted by Gasteiger charge is 2.22. The number of hydrogen-bond donors (Lipinski definition) is 0. The number of rotatable bonds is 2. The van der Waals surface area contributed by atoms with Crippen LogP contribution in [0.2, 0.25) is 0 Å². The number of nitrogens with zero attached hydrogens (tertiary/aromatic N) is 1. The summed E-state index contributed by atoms with van der Waals surface area (Å²) in [6, 6.07) is 31.8. The molecule has 2 nitrogen and oxygen atoms in total. The van der Waals surface area contributed by atoms with E-state index in [1.165, 1.54) is 22.3 Å². The Morgan fingerprint density at radius 1 is 0.571 bits per heavy atom. The van der Waals surface area contributed by atoms with Gasteiger partial charge in [0.2, 0.25) is 0 Å². The van der Waals surface area contributed by atoms with Crippen LogP contribution in [-0.2, 0) is 0 Å². The summed E-state index contributed by atoms with van der Waals surface area (Å²) >= 11 is 0. The summed E-state index contributed by atoms with van der Waals surface area (Å²) in [6.07, 6.45) is 0. The molecule has 136 valence electrons. The van der Waals surface area contributed by atoms with Gasteiger partial charge in [-0.3, -0.25) is 0 Å². The summed E-state index contributed by atoms with van der Waals surface area (Å²) in [5.74, 6) is 1.77. The summed E-state index contributed by atoms with van der Waals surface area (Å²) in [5.41, 5.74) is 8.14. The summed E-state index contributed by atoms with van der Waals surface area (Å²) in [4.78, 5) is 2.20. The van der Waals surface area contributed by atoms with Gasteiger partial charge in [-0.15, -0.1) is 0 Å². The standard InChI is InChI=1S/C26H21NO/c1-18-7-6-10-20(15-18)22-12-14-24-26(17-22)28-25-16-21(11-13-23(25)27(24)2)19-8-4-3-5-9-19/h3-17H,1-2H3. The van der Waals surface area contributed by atoms with Gasteiger partial charge < -0.3 is 9.64 Å². The quantitative estimate of drug-likeness (QED) is 0.373. The molecule has 0 aliphatic carbocycles. The topological polar surface area (TPSA) is 12.5 Å². The molecule has 0 fully saturated rings. The van der Waals surface area contributed by atoms with Crippen LogP contribution in [0.3, 0.4) is 0 Å². The molecule has 0 aromatic heterocycles. The molecule has 0 spiro atoms. The summed E-state index contributed by atoms with van der Waals surface area (Å²) < 4.78 is 6.36. The van der Waals surface area contributed by atoms with E-state index in [-0.39, 0.29) is 0 Å². The van der Waals surface area contributed by atoms with Crippen molar-refractivity contribution in [2.75, 3.05) is 11.9 Å². The number of aryl methyl sites for hydroxylation is 1. The molecule has 1 heterocycles. The highest BCUT2D eigenvalue weighted by atomic mass is 16.5. The molecule has 1 aliphatic rings. The first-order chi connectivity index (χ1) is 13.7. The van der Waals surface area contributed by atoms with Gasteiger partial charge in [-0.2, -0.15) is 0 Å². The fourth-order valence-corrected chi connectivity index (χ4v) is 3.81. The lowest BCUT2D eigenvalue weighted by atomic mass is 10.0. The third kappa shape index (κ3) is 2.84. The summed E-state index contributed by atoms with van der Waals surface area (Å²) in [5, 5.41) is 0. The van der Waals surface area contributed by atoms with E-state index in [0.29, 0.717) is 0 Å². The van der Waals surface area contributed by atoms with E-state index in [4.69, 9.17) is 4.74 Å². The maximum absolute atomic E-state index is 6.36. The molecule has 4 aromatic rings. The van der Waals surface area contributed by atoms with Crippen LogP contribution in [0.5, 0.6) is 11.5 Å². The third-order valence-corrected chi connectivity index (χ3v) is 5.32. The van der Waals surface area contributed by atoms with Gasteiger partial charge >= 0.3 is 0 Å². The minimum atomic E-state index is 0.887. The van der Waals surface area contributed by atoms with Crippen molar-refractivity contribution in [3.63, 3.8) is 0 Å². The molecule has 4 aromatic carbocycles. The fraction of sp³-hybridized carbons (Fsp3) is 0.0769. The number of hydrogen-bond acceptors (Lipinski definition) is 2. The van der Waals surface area contributed by atoms with Gasteiger partial charge in [-0.05, 0) is 53.4 Å². The molecule has 0 bridgehead atoms. The Kier molecular flexibility index (Phi) is 3.91. The van der Waals surface area contributed by atoms with Crippen LogP contribution in [0.4, 0.5) is 11.4 Å². The van der Waals surface area contributed by atoms with E-state index in [1.807, 2.05) is 6.07 Å². The number of ether oxygens (including phenoxy) is 1. The van der Waals surface area contributed by atoms with Crippen molar-refractivity contribution in [3.8, 4) is 33.8 Å². The Balaban J connectivity index is 1.56. The first-order valence-corrected chi connectivity index (χ1v) is 9.51. The van der Waals surface area contributed by atoms with Crippen LogP contribution < -0.4 is 9.64 Å². The molecule has 0 saturated carbocycles. The van der Waals surface area contributed by atoms with Gasteiger partial charge in [0.05, 0.1) is 11.4 Å². The first kappa shape index (κ1) is 16.6. The fourth-order valence-electron chi connectivity index (χ4n) is 3.81. The second kappa shape index (κ2) is 6.58. The van der Waals surface area contributed by atoms with E-state index >= 15 is 0 Å². The monoisotopic (exact) mass is 363 g/mol. The second-order valence-corrected chi connectivity index (χ2v) is 7.26. The largest absolute Gasteiger partial charge is 0.453 e. The van der Waals surface area contributed by atoms with Crippen LogP contribution >= 0.6 is 0 Å². The third-order valence-electron chi connectivity index (χ3n) is 5.32. The van der Waals surface area contributed by atoms with Crippen molar-refractivity contribution < 1.29 is 4.74 Å². The zero-order valence-corrected chi connectivity index (χ0v) is 16.0. The molecule has 28 heavy (non-hydrogen) atoms. The zero-order valence-electron chi connectivity index (χ0n) is 16.0. The van der Waals surface area contributed by atoms with Crippen molar-refractivity contribution in [1.82, 2.24) is 0 Å². The van der Waals surface area contributed by atoms with E-state index in [9.17, 15) is 0 Å². The Labute approximate surface area is 165 Å². The van der Waals surface area contributed by atoms with Gasteiger partial charge in [0.15, 0.2) is 11.5 Å². The van der Waals surface area contributed by atoms with Crippen LogP contribution in [0.15, 0.2) is 91.0 Å². The average Bonchev–Trinajstić information content (AvgIpc) is 2.74. The summed E-state index contributed by atoms with van der Waals surface area (Å²) in [7, 11) is 2.09. The molecular formula is C26H21NO. The lowest BCUT2D eigenvalue weighted by molar-refractivity contribution is 0.476. The van der Waals surface area contributed by atoms with Crippen molar-refractivity contribution in [2.45, 2.75) is 6.92 Å². The Morgan fingerprint density at radius 3 is 1.79 bits per heavy atom. The molecule has 0 amide bonds. The molecule has 0 unspecified atom stereocenters. The predicted octanol–water partition coefficient (Wildman–Crippen LogP) is 7.20. The molecule has 5 rings (SSSR count). The predicted molar refractivity (Wildman–Crippen MR) is 117 cm³/mol. The second-order valence-electron chi connectivity index (χ2n) is 7.26. The summed E-state index contributed by atoms with van der Waals surface area (Å²) in [6.45, 7) is 2.12. The van der Waals surface area contributed by atoms with Crippen molar-refractivity contribution in [2.24, 2.45) is 0 Å². The van der Waals surface area contributed by atoms with E-state index in [2.05, 4.69) is 104 Å². The zero-order chi connectivity index (χ0) is 19.1. The molecule has 2 heteroatoms.